The summed E-state index contributed by atoms with van der Waals surface area (Å²) < 4.78 is 0. The van der Waals surface area contributed by atoms with E-state index in [1.807, 2.05) is 57.2 Å². The van der Waals surface area contributed by atoms with Crippen molar-refractivity contribution in [2.24, 2.45) is 5.92 Å². The lowest BCUT2D eigenvalue weighted by molar-refractivity contribution is -0.112. The Labute approximate surface area is 233 Å². The third-order valence-electron chi connectivity index (χ3n) is 6.80. The van der Waals surface area contributed by atoms with Gasteiger partial charge in [-0.15, -0.1) is 0 Å². The Balaban J connectivity index is 1.59. The van der Waals surface area contributed by atoms with Gasteiger partial charge in [0.2, 0.25) is 5.91 Å². The van der Waals surface area contributed by atoms with Gasteiger partial charge in [0.25, 0.3) is 11.8 Å². The van der Waals surface area contributed by atoms with Gasteiger partial charge in [0.05, 0.1) is 6.54 Å². The zero-order chi connectivity index (χ0) is 28.8. The highest BCUT2D eigenvalue weighted by molar-refractivity contribution is 6.48. The highest BCUT2D eigenvalue weighted by Crippen LogP contribution is 2.25. The Morgan fingerprint density at radius 2 is 1.90 bits per heavy atom. The summed E-state index contributed by atoms with van der Waals surface area (Å²) in [6, 6.07) is 16.6. The molecule has 0 fully saturated rings. The molecule has 40 heavy (non-hydrogen) atoms. The van der Waals surface area contributed by atoms with Crippen LogP contribution >= 0.6 is 0 Å². The number of amides is 3. The molecule has 206 valence electrons. The van der Waals surface area contributed by atoms with Crippen LogP contribution in [0.5, 0.6) is 0 Å². The van der Waals surface area contributed by atoms with Gasteiger partial charge in [-0.1, -0.05) is 37.8 Å². The van der Waals surface area contributed by atoms with Crippen molar-refractivity contribution in [1.29, 1.82) is 5.41 Å². The van der Waals surface area contributed by atoms with Crippen LogP contribution in [0.15, 0.2) is 84.7 Å². The zero-order valence-electron chi connectivity index (χ0n) is 22.9. The van der Waals surface area contributed by atoms with Crippen LogP contribution in [0, 0.1) is 25.2 Å². The van der Waals surface area contributed by atoms with Crippen LogP contribution in [0.25, 0.3) is 0 Å². The van der Waals surface area contributed by atoms with Crippen LogP contribution in [0.1, 0.15) is 34.1 Å². The molecule has 3 aromatic rings. The molecule has 0 bridgehead atoms. The molecular formula is C31H34N6O3. The molecule has 0 saturated heterocycles. The first-order valence-corrected chi connectivity index (χ1v) is 13.1. The van der Waals surface area contributed by atoms with Crippen LogP contribution in [0.4, 0.5) is 11.4 Å². The van der Waals surface area contributed by atoms with E-state index in [4.69, 9.17) is 5.41 Å². The molecule has 0 radical (unpaired) electrons. The number of nitrogens with one attached hydrogen (secondary N) is 5. The third kappa shape index (κ3) is 6.55. The van der Waals surface area contributed by atoms with E-state index in [1.54, 1.807) is 29.3 Å². The fraction of sp³-hybridized carbons (Fsp3) is 0.226. The van der Waals surface area contributed by atoms with E-state index in [-0.39, 0.29) is 30.0 Å². The van der Waals surface area contributed by atoms with Crippen LogP contribution in [0.2, 0.25) is 0 Å². The van der Waals surface area contributed by atoms with Gasteiger partial charge in [-0.05, 0) is 66.9 Å². The molecule has 5 N–H and O–H groups in total. The lowest BCUT2D eigenvalue weighted by atomic mass is 9.92. The molecule has 0 saturated carbocycles. The number of aromatic amines is 1. The molecule has 3 amide bonds. The van der Waals surface area contributed by atoms with Crippen molar-refractivity contribution in [3.8, 4) is 0 Å². The molecular weight excluding hydrogens is 504 g/mol. The van der Waals surface area contributed by atoms with E-state index in [0.717, 1.165) is 22.4 Å². The van der Waals surface area contributed by atoms with E-state index >= 15 is 0 Å². The number of hydrogen-bond donors (Lipinski definition) is 5. The van der Waals surface area contributed by atoms with Gasteiger partial charge in [0.1, 0.15) is 11.4 Å². The fourth-order valence-electron chi connectivity index (χ4n) is 4.75. The summed E-state index contributed by atoms with van der Waals surface area (Å²) in [5, 5.41) is 17.9. The first-order chi connectivity index (χ1) is 19.2. The van der Waals surface area contributed by atoms with Crippen molar-refractivity contribution in [2.75, 3.05) is 23.7 Å². The topological polar surface area (TPSA) is 130 Å². The smallest absolute Gasteiger partial charge is 0.273 e. The fourth-order valence-corrected chi connectivity index (χ4v) is 4.75. The van der Waals surface area contributed by atoms with E-state index in [9.17, 15) is 14.4 Å². The molecule has 2 heterocycles. The molecule has 0 aliphatic carbocycles. The molecule has 4 rings (SSSR count). The summed E-state index contributed by atoms with van der Waals surface area (Å²) in [6.45, 7) is 10.3. The number of carbonyl (C=O) groups excluding carboxylic acids is 3. The SMILES string of the molecule is C=CC(=O)Nc1ccc(CNC2=C(C(=N)C(=O)Nc3cccc(C)c3)CN(C(=O)c3ccc[nH]3)CC2C)cc1C. The molecule has 1 aliphatic rings. The second kappa shape index (κ2) is 12.3. The predicted octanol–water partition coefficient (Wildman–Crippen LogP) is 4.55. The summed E-state index contributed by atoms with van der Waals surface area (Å²) in [6.07, 6.45) is 2.92. The second-order valence-electron chi connectivity index (χ2n) is 9.96. The zero-order valence-corrected chi connectivity index (χ0v) is 22.9. The maximum Gasteiger partial charge on any atom is 0.273 e. The number of anilines is 2. The average Bonchev–Trinajstić information content (AvgIpc) is 3.47. The van der Waals surface area contributed by atoms with Gasteiger partial charge in [-0.25, -0.2) is 0 Å². The molecule has 9 nitrogen and oxygen atoms in total. The van der Waals surface area contributed by atoms with Gasteiger partial charge in [0.15, 0.2) is 0 Å². The lowest BCUT2D eigenvalue weighted by Gasteiger charge is -2.35. The maximum atomic E-state index is 13.2. The van der Waals surface area contributed by atoms with Crippen molar-refractivity contribution in [3.63, 3.8) is 0 Å². The summed E-state index contributed by atoms with van der Waals surface area (Å²) >= 11 is 0. The summed E-state index contributed by atoms with van der Waals surface area (Å²) in [7, 11) is 0. The molecule has 1 atom stereocenters. The van der Waals surface area contributed by atoms with E-state index in [0.29, 0.717) is 35.7 Å². The number of nitrogens with zero attached hydrogens (tertiary/aromatic N) is 1. The summed E-state index contributed by atoms with van der Waals surface area (Å²) in [4.78, 5) is 42.7. The highest BCUT2D eigenvalue weighted by Gasteiger charge is 2.32. The monoisotopic (exact) mass is 538 g/mol. The molecule has 0 spiro atoms. The number of benzene rings is 2. The van der Waals surface area contributed by atoms with Crippen LogP contribution in [-0.4, -0.2) is 46.4 Å². The van der Waals surface area contributed by atoms with Crippen molar-refractivity contribution < 1.29 is 14.4 Å². The van der Waals surface area contributed by atoms with Crippen LogP contribution in [-0.2, 0) is 16.1 Å². The minimum atomic E-state index is -0.542. The number of aryl methyl sites for hydroxylation is 2. The number of hydrogen-bond acceptors (Lipinski definition) is 5. The van der Waals surface area contributed by atoms with Crippen molar-refractivity contribution in [3.05, 3.63) is 107 Å². The minimum Gasteiger partial charge on any atom is -0.384 e. The number of H-pyrrole nitrogens is 1. The molecule has 1 aromatic heterocycles. The summed E-state index contributed by atoms with van der Waals surface area (Å²) in [5.41, 5.74) is 5.64. The van der Waals surface area contributed by atoms with Gasteiger partial charge < -0.3 is 25.8 Å². The molecule has 1 unspecified atom stereocenters. The highest BCUT2D eigenvalue weighted by atomic mass is 16.2. The quantitative estimate of drug-likeness (QED) is 0.202. The normalized spacial score (nSPS) is 14.9. The van der Waals surface area contributed by atoms with E-state index < -0.39 is 5.91 Å². The molecule has 1 aliphatic heterocycles. The van der Waals surface area contributed by atoms with Crippen LogP contribution < -0.4 is 16.0 Å². The van der Waals surface area contributed by atoms with Gasteiger partial charge in [-0.2, -0.15) is 0 Å². The van der Waals surface area contributed by atoms with Gasteiger partial charge in [0, 0.05) is 47.8 Å². The largest absolute Gasteiger partial charge is 0.384 e. The lowest BCUT2D eigenvalue weighted by Crippen LogP contribution is -2.46. The number of carbonyl (C=O) groups is 3. The Kier molecular flexibility index (Phi) is 8.63. The van der Waals surface area contributed by atoms with Crippen molar-refractivity contribution >= 4 is 34.8 Å². The Morgan fingerprint density at radius 1 is 1.10 bits per heavy atom. The van der Waals surface area contributed by atoms with Gasteiger partial charge in [-0.3, -0.25) is 19.8 Å². The van der Waals surface area contributed by atoms with E-state index in [2.05, 4.69) is 27.5 Å². The predicted molar refractivity (Wildman–Crippen MR) is 157 cm³/mol. The standard InChI is InChI=1S/C31H34N6O3/c1-5-27(38)36-25-12-11-22(15-20(25)3)16-34-29-21(4)17-37(31(40)26-10-7-13-33-26)18-24(29)28(32)30(39)35-23-9-6-8-19(2)14-23/h5-15,21,32-34H,1,16-18H2,2-4H3,(H,35,39)(H,36,38). The summed E-state index contributed by atoms with van der Waals surface area (Å²) in [5.74, 6) is -1.16. The molecule has 9 heteroatoms. The first-order valence-electron chi connectivity index (χ1n) is 13.1. The first kappa shape index (κ1) is 28.1. The van der Waals surface area contributed by atoms with Crippen molar-refractivity contribution in [2.45, 2.75) is 27.3 Å². The van der Waals surface area contributed by atoms with Gasteiger partial charge >= 0.3 is 0 Å². The Hall–Kier alpha value is -4.92. The average molecular weight is 539 g/mol. The second-order valence-corrected chi connectivity index (χ2v) is 9.96. The van der Waals surface area contributed by atoms with Crippen molar-refractivity contribution in [1.82, 2.24) is 15.2 Å². The van der Waals surface area contributed by atoms with E-state index in [1.165, 1.54) is 6.08 Å². The third-order valence-corrected chi connectivity index (χ3v) is 6.80. The number of rotatable bonds is 9. The Bertz CT molecular complexity index is 1490. The minimum absolute atomic E-state index is 0.121. The Morgan fingerprint density at radius 3 is 2.58 bits per heavy atom. The number of aromatic nitrogens is 1. The molecule has 2 aromatic carbocycles. The van der Waals surface area contributed by atoms with Crippen LogP contribution in [0.3, 0.4) is 0 Å². The maximum absolute atomic E-state index is 13.2.